The van der Waals surface area contributed by atoms with Crippen molar-refractivity contribution in [2.75, 3.05) is 5.73 Å². The molecule has 1 heterocycles. The van der Waals surface area contributed by atoms with Crippen LogP contribution in [0.5, 0.6) is 0 Å². The fraction of sp³-hybridized carbons (Fsp3) is 0.0667. The number of hydrogen-bond acceptors (Lipinski definition) is 3. The minimum Gasteiger partial charge on any atom is -1.00 e. The number of nitrogens with two attached hydrogens (primary N) is 1. The number of nitrogens with zero attached hydrogens (tertiary/aromatic N) is 2. The van der Waals surface area contributed by atoms with E-state index in [4.69, 9.17) is 10.3 Å². The molecule has 0 aliphatic rings. The number of anilines is 1. The van der Waals surface area contributed by atoms with Gasteiger partial charge >= 0.3 is 0 Å². The minimum atomic E-state index is 0. The highest BCUT2D eigenvalue weighted by Crippen LogP contribution is 2.19. The zero-order valence-electron chi connectivity index (χ0n) is 10.7. The molecule has 0 amide bonds. The van der Waals surface area contributed by atoms with Gasteiger partial charge in [-0.3, -0.25) is 4.52 Å². The quantitative estimate of drug-likeness (QED) is 0.646. The summed E-state index contributed by atoms with van der Waals surface area (Å²) in [5.41, 5.74) is 9.05. The van der Waals surface area contributed by atoms with Gasteiger partial charge in [-0.2, -0.15) is 0 Å². The smallest absolute Gasteiger partial charge is 0.293 e. The van der Waals surface area contributed by atoms with Crippen LogP contribution < -0.4 is 22.8 Å². The summed E-state index contributed by atoms with van der Waals surface area (Å²) in [6.45, 7) is 0.649. The van der Waals surface area contributed by atoms with Gasteiger partial charge in [-0.1, -0.05) is 54.6 Å². The van der Waals surface area contributed by atoms with E-state index in [9.17, 15) is 0 Å². The first-order chi connectivity index (χ1) is 9.31. The van der Waals surface area contributed by atoms with E-state index in [0.29, 0.717) is 12.4 Å². The SMILES string of the molecule is Nc1c[n+](Cc2ccc(-c3ccccc3)cc2)no1.[Cl-]. The van der Waals surface area contributed by atoms with Crippen LogP contribution in [-0.4, -0.2) is 5.27 Å². The summed E-state index contributed by atoms with van der Waals surface area (Å²) in [6, 6.07) is 18.7. The lowest BCUT2D eigenvalue weighted by atomic mass is 10.0. The van der Waals surface area contributed by atoms with Gasteiger partial charge in [0.1, 0.15) is 0 Å². The lowest BCUT2D eigenvalue weighted by Gasteiger charge is -2.01. The number of benzene rings is 2. The average molecular weight is 288 g/mol. The molecule has 2 aromatic carbocycles. The van der Waals surface area contributed by atoms with Crippen molar-refractivity contribution in [2.24, 2.45) is 0 Å². The molecule has 0 spiro atoms. The molecule has 0 aliphatic heterocycles. The van der Waals surface area contributed by atoms with E-state index in [1.165, 1.54) is 11.1 Å². The number of hydrogen-bond donors (Lipinski definition) is 1. The molecule has 5 heteroatoms. The molecular formula is C15H14ClN3O. The van der Waals surface area contributed by atoms with Gasteiger partial charge in [0.25, 0.3) is 12.1 Å². The van der Waals surface area contributed by atoms with Gasteiger partial charge in [0.05, 0.1) is 0 Å². The molecule has 0 radical (unpaired) electrons. The zero-order valence-corrected chi connectivity index (χ0v) is 11.5. The second-order valence-electron chi connectivity index (χ2n) is 4.36. The van der Waals surface area contributed by atoms with Crippen molar-refractivity contribution in [1.29, 1.82) is 0 Å². The summed E-state index contributed by atoms with van der Waals surface area (Å²) in [5, 5.41) is 3.81. The van der Waals surface area contributed by atoms with Crippen molar-refractivity contribution in [3.63, 3.8) is 0 Å². The first-order valence-corrected chi connectivity index (χ1v) is 6.07. The molecule has 0 saturated heterocycles. The molecule has 0 saturated carbocycles. The third kappa shape index (κ3) is 3.16. The molecule has 0 bridgehead atoms. The van der Waals surface area contributed by atoms with E-state index in [-0.39, 0.29) is 12.4 Å². The van der Waals surface area contributed by atoms with Gasteiger partial charge in [-0.05, 0) is 15.8 Å². The maximum absolute atomic E-state index is 5.48. The number of rotatable bonds is 3. The van der Waals surface area contributed by atoms with Crippen molar-refractivity contribution in [2.45, 2.75) is 6.54 Å². The second kappa shape index (κ2) is 6.21. The summed E-state index contributed by atoms with van der Waals surface area (Å²) in [4.78, 5) is 0. The van der Waals surface area contributed by atoms with Gasteiger partial charge in [0, 0.05) is 5.56 Å². The molecule has 0 aliphatic carbocycles. The van der Waals surface area contributed by atoms with E-state index in [1.807, 2.05) is 18.2 Å². The van der Waals surface area contributed by atoms with Crippen LogP contribution in [0.4, 0.5) is 5.88 Å². The van der Waals surface area contributed by atoms with Gasteiger partial charge in [0.15, 0.2) is 0 Å². The topological polar surface area (TPSA) is 55.9 Å². The van der Waals surface area contributed by atoms with Crippen molar-refractivity contribution < 1.29 is 21.6 Å². The minimum absolute atomic E-state index is 0. The Labute approximate surface area is 123 Å². The molecule has 2 N–H and O–H groups in total. The van der Waals surface area contributed by atoms with Crippen LogP contribution in [0.1, 0.15) is 5.56 Å². The first-order valence-electron chi connectivity index (χ1n) is 6.07. The molecule has 1 aromatic heterocycles. The van der Waals surface area contributed by atoms with Crippen molar-refractivity contribution in [3.8, 4) is 11.1 Å². The van der Waals surface area contributed by atoms with Crippen LogP contribution in [0.3, 0.4) is 0 Å². The molecule has 0 unspecified atom stereocenters. The molecule has 3 aromatic rings. The maximum atomic E-state index is 5.48. The molecule has 102 valence electrons. The normalized spacial score (nSPS) is 10.0. The fourth-order valence-electron chi connectivity index (χ4n) is 1.99. The van der Waals surface area contributed by atoms with Crippen LogP contribution in [0, 0.1) is 0 Å². The summed E-state index contributed by atoms with van der Waals surface area (Å²) in [6.07, 6.45) is 1.67. The van der Waals surface area contributed by atoms with Crippen molar-refractivity contribution in [1.82, 2.24) is 5.27 Å². The van der Waals surface area contributed by atoms with Crippen molar-refractivity contribution in [3.05, 3.63) is 66.4 Å². The molecule has 20 heavy (non-hydrogen) atoms. The Morgan fingerprint density at radius 1 is 0.950 bits per heavy atom. The Morgan fingerprint density at radius 2 is 1.60 bits per heavy atom. The Balaban J connectivity index is 0.00000147. The molecule has 0 atom stereocenters. The summed E-state index contributed by atoms with van der Waals surface area (Å²) in [7, 11) is 0. The van der Waals surface area contributed by atoms with E-state index < -0.39 is 0 Å². The first kappa shape index (κ1) is 14.1. The number of nitrogen functional groups attached to an aromatic ring is 1. The average Bonchev–Trinajstić information content (AvgIpc) is 2.86. The lowest BCUT2D eigenvalue weighted by molar-refractivity contribution is -0.754. The van der Waals surface area contributed by atoms with Crippen LogP contribution in [0.15, 0.2) is 65.3 Å². The summed E-state index contributed by atoms with van der Waals surface area (Å²) < 4.78 is 6.49. The van der Waals surface area contributed by atoms with Gasteiger partial charge in [-0.15, -0.1) is 0 Å². The predicted molar refractivity (Wildman–Crippen MR) is 72.1 cm³/mol. The largest absolute Gasteiger partial charge is 1.00 e. The van der Waals surface area contributed by atoms with Crippen LogP contribution in [0.25, 0.3) is 11.1 Å². The molecular weight excluding hydrogens is 274 g/mol. The fourth-order valence-corrected chi connectivity index (χ4v) is 1.99. The summed E-state index contributed by atoms with van der Waals surface area (Å²) >= 11 is 0. The summed E-state index contributed by atoms with van der Waals surface area (Å²) in [5.74, 6) is 0.320. The van der Waals surface area contributed by atoms with Crippen LogP contribution in [-0.2, 0) is 6.54 Å². The van der Waals surface area contributed by atoms with Crippen LogP contribution in [0.2, 0.25) is 0 Å². The Morgan fingerprint density at radius 3 is 2.20 bits per heavy atom. The Kier molecular flexibility index (Phi) is 4.38. The predicted octanol–water partition coefficient (Wildman–Crippen LogP) is -0.736. The third-order valence-corrected chi connectivity index (χ3v) is 2.93. The van der Waals surface area contributed by atoms with Crippen LogP contribution >= 0.6 is 0 Å². The maximum Gasteiger partial charge on any atom is 0.293 e. The molecule has 0 fully saturated rings. The standard InChI is InChI=1S/C15H14N3O.ClH/c16-15-11-18(17-19-15)10-12-6-8-14(9-7-12)13-4-2-1-3-5-13;/h1-9,11H,10,16H2;1H/q+1;/p-1. The Hall–Kier alpha value is -2.33. The van der Waals surface area contributed by atoms with Crippen molar-refractivity contribution >= 4 is 5.88 Å². The van der Waals surface area contributed by atoms with E-state index in [2.05, 4.69) is 41.7 Å². The second-order valence-corrected chi connectivity index (χ2v) is 4.36. The highest BCUT2D eigenvalue weighted by atomic mass is 35.5. The number of halogens is 1. The third-order valence-electron chi connectivity index (χ3n) is 2.93. The number of aromatic nitrogens is 2. The van der Waals surface area contributed by atoms with Gasteiger partial charge in [-0.25, -0.2) is 0 Å². The Bertz CT molecular complexity index is 665. The highest BCUT2D eigenvalue weighted by molar-refractivity contribution is 5.63. The van der Waals surface area contributed by atoms with E-state index >= 15 is 0 Å². The lowest BCUT2D eigenvalue weighted by Crippen LogP contribution is -3.00. The molecule has 3 rings (SSSR count). The monoisotopic (exact) mass is 287 g/mol. The van der Waals surface area contributed by atoms with E-state index in [0.717, 1.165) is 5.56 Å². The zero-order chi connectivity index (χ0) is 13.1. The van der Waals surface area contributed by atoms with E-state index in [1.54, 1.807) is 10.9 Å². The highest BCUT2D eigenvalue weighted by Gasteiger charge is 2.09. The van der Waals surface area contributed by atoms with Gasteiger partial charge < -0.3 is 18.1 Å². The molecule has 4 nitrogen and oxygen atoms in total. The van der Waals surface area contributed by atoms with Gasteiger partial charge in [0.2, 0.25) is 11.8 Å².